The van der Waals surface area contributed by atoms with Gasteiger partial charge in [-0.25, -0.2) is 9.79 Å². The van der Waals surface area contributed by atoms with Crippen LogP contribution in [-0.2, 0) is 9.53 Å². The molecule has 0 saturated carbocycles. The lowest BCUT2D eigenvalue weighted by Crippen LogP contribution is -2.40. The largest absolute Gasteiger partial charge is 0.496 e. The Morgan fingerprint density at radius 3 is 2.17 bits per heavy atom. The number of aryl methyl sites for hydroxylation is 1. The number of rotatable bonds is 10. The molecule has 5 rings (SSSR count). The smallest absolute Gasteiger partial charge is 0.338 e. The number of thiazole rings is 1. The van der Waals surface area contributed by atoms with Crippen molar-refractivity contribution < 1.29 is 28.5 Å². The fourth-order valence-electron chi connectivity index (χ4n) is 5.71. The number of methoxy groups -OCH3 is 4. The van der Waals surface area contributed by atoms with Gasteiger partial charge in [-0.15, -0.1) is 0 Å². The van der Waals surface area contributed by atoms with Crippen molar-refractivity contribution in [1.29, 1.82) is 0 Å². The van der Waals surface area contributed by atoms with E-state index in [0.717, 1.165) is 28.0 Å². The van der Waals surface area contributed by atoms with Crippen molar-refractivity contribution in [3.63, 3.8) is 0 Å². The Morgan fingerprint density at radius 1 is 0.957 bits per heavy atom. The zero-order valence-electron chi connectivity index (χ0n) is 27.3. The van der Waals surface area contributed by atoms with Gasteiger partial charge in [0.05, 0.1) is 56.9 Å². The molecular formula is C36H38N2O7S. The van der Waals surface area contributed by atoms with Gasteiger partial charge in [0.25, 0.3) is 5.56 Å². The Bertz CT molecular complexity index is 1970. The van der Waals surface area contributed by atoms with Gasteiger partial charge in [0.2, 0.25) is 5.75 Å². The van der Waals surface area contributed by atoms with Gasteiger partial charge in [0.15, 0.2) is 16.3 Å². The van der Waals surface area contributed by atoms with Crippen molar-refractivity contribution in [2.45, 2.75) is 39.7 Å². The summed E-state index contributed by atoms with van der Waals surface area (Å²) >= 11 is 1.25. The molecule has 2 heterocycles. The van der Waals surface area contributed by atoms with E-state index in [1.54, 1.807) is 51.0 Å². The number of carbonyl (C=O) groups is 1. The summed E-state index contributed by atoms with van der Waals surface area (Å²) in [4.78, 5) is 33.8. The van der Waals surface area contributed by atoms with Crippen LogP contribution in [0.2, 0.25) is 0 Å². The summed E-state index contributed by atoms with van der Waals surface area (Å²) in [5.74, 6) is 1.71. The fourth-order valence-corrected chi connectivity index (χ4v) is 6.71. The van der Waals surface area contributed by atoms with E-state index < -0.39 is 12.0 Å². The second-order valence-corrected chi connectivity index (χ2v) is 12.0. The third-order valence-electron chi connectivity index (χ3n) is 7.89. The molecule has 0 fully saturated rings. The van der Waals surface area contributed by atoms with E-state index in [9.17, 15) is 9.59 Å². The van der Waals surface area contributed by atoms with Gasteiger partial charge in [0, 0.05) is 5.56 Å². The van der Waals surface area contributed by atoms with Crippen molar-refractivity contribution in [2.24, 2.45) is 4.99 Å². The zero-order valence-corrected chi connectivity index (χ0v) is 28.1. The first-order valence-electron chi connectivity index (χ1n) is 14.9. The van der Waals surface area contributed by atoms with E-state index in [4.69, 9.17) is 28.7 Å². The molecule has 10 heteroatoms. The Hall–Kier alpha value is -4.83. The van der Waals surface area contributed by atoms with Crippen LogP contribution in [0.25, 0.3) is 11.8 Å². The topological polar surface area (TPSA) is 97.6 Å². The molecule has 1 aliphatic rings. The van der Waals surface area contributed by atoms with Crippen LogP contribution in [-0.4, -0.2) is 45.6 Å². The maximum absolute atomic E-state index is 14.5. The summed E-state index contributed by atoms with van der Waals surface area (Å²) < 4.78 is 29.9. The van der Waals surface area contributed by atoms with Crippen LogP contribution >= 0.6 is 11.3 Å². The van der Waals surface area contributed by atoms with E-state index in [1.165, 1.54) is 18.4 Å². The lowest BCUT2D eigenvalue weighted by Gasteiger charge is -2.28. The van der Waals surface area contributed by atoms with Gasteiger partial charge >= 0.3 is 5.97 Å². The number of hydrogen-bond acceptors (Lipinski definition) is 9. The van der Waals surface area contributed by atoms with Gasteiger partial charge in [0.1, 0.15) is 5.75 Å². The normalized spacial score (nSPS) is 14.5. The van der Waals surface area contributed by atoms with Gasteiger partial charge in [-0.2, -0.15) is 0 Å². The first kappa shape index (κ1) is 32.6. The number of carbonyl (C=O) groups excluding carboxylic acids is 1. The summed E-state index contributed by atoms with van der Waals surface area (Å²) in [6.07, 6.45) is 1.77. The van der Waals surface area contributed by atoms with Crippen LogP contribution < -0.4 is 33.8 Å². The molecule has 0 bridgehead atoms. The number of ether oxygens (including phenoxy) is 5. The first-order valence-corrected chi connectivity index (χ1v) is 15.8. The monoisotopic (exact) mass is 642 g/mol. The molecule has 0 radical (unpaired) electrons. The minimum atomic E-state index is -0.809. The van der Waals surface area contributed by atoms with E-state index >= 15 is 0 Å². The van der Waals surface area contributed by atoms with Gasteiger partial charge < -0.3 is 23.7 Å². The highest BCUT2D eigenvalue weighted by Gasteiger charge is 2.36. The SMILES string of the molecule is CCOC(=O)C1=C(c2ccccc2)N=c2sc(=Cc3cc(OC)c(OC)c(OC)c3)c(=O)n2C1c1cc(C(C)C)c(OC)cc1C. The summed E-state index contributed by atoms with van der Waals surface area (Å²) in [5, 5.41) is 0. The lowest BCUT2D eigenvalue weighted by atomic mass is 9.87. The third-order valence-corrected chi connectivity index (χ3v) is 8.88. The number of esters is 1. The Kier molecular flexibility index (Phi) is 9.67. The van der Waals surface area contributed by atoms with Crippen LogP contribution in [0.1, 0.15) is 60.5 Å². The Labute approximate surface area is 272 Å². The highest BCUT2D eigenvalue weighted by atomic mass is 32.1. The number of nitrogens with zero attached hydrogens (tertiary/aromatic N) is 2. The second-order valence-electron chi connectivity index (χ2n) is 11.0. The Morgan fingerprint density at radius 2 is 1.61 bits per heavy atom. The highest BCUT2D eigenvalue weighted by Crippen LogP contribution is 2.40. The van der Waals surface area contributed by atoms with Crippen molar-refractivity contribution in [1.82, 2.24) is 4.57 Å². The van der Waals surface area contributed by atoms with Gasteiger partial charge in [-0.05, 0) is 72.4 Å². The maximum Gasteiger partial charge on any atom is 0.338 e. The molecular weight excluding hydrogens is 604 g/mol. The average molecular weight is 643 g/mol. The van der Waals surface area contributed by atoms with E-state index in [-0.39, 0.29) is 18.1 Å². The number of fused-ring (bicyclic) bond motifs is 1. The highest BCUT2D eigenvalue weighted by molar-refractivity contribution is 7.07. The summed E-state index contributed by atoms with van der Waals surface area (Å²) in [7, 11) is 6.26. The molecule has 1 unspecified atom stereocenters. The predicted octanol–water partition coefficient (Wildman–Crippen LogP) is 5.40. The van der Waals surface area contributed by atoms with Crippen molar-refractivity contribution in [3.8, 4) is 23.0 Å². The molecule has 0 amide bonds. The standard InChI is InChI=1S/C36H38N2O7S/c1-9-45-35(40)30-31(23-13-11-10-12-14-23)37-36-38(32(30)25-19-24(20(2)3)26(41-5)15-21(25)4)34(39)29(46-36)18-22-16-27(42-6)33(44-8)28(17-22)43-7/h10-20,32H,9H2,1-8H3. The molecule has 46 heavy (non-hydrogen) atoms. The molecule has 1 atom stereocenters. The maximum atomic E-state index is 14.5. The van der Waals surface area contributed by atoms with Gasteiger partial charge in [-0.1, -0.05) is 55.5 Å². The third kappa shape index (κ3) is 5.92. The summed E-state index contributed by atoms with van der Waals surface area (Å²) in [6, 6.07) is 16.2. The predicted molar refractivity (Wildman–Crippen MR) is 179 cm³/mol. The Balaban J connectivity index is 1.87. The van der Waals surface area contributed by atoms with Crippen LogP contribution in [0, 0.1) is 6.92 Å². The molecule has 0 N–H and O–H groups in total. The molecule has 0 aliphatic carbocycles. The molecule has 0 saturated heterocycles. The minimum absolute atomic E-state index is 0.119. The number of aromatic nitrogens is 1. The number of benzene rings is 3. The molecule has 0 spiro atoms. The quantitative estimate of drug-likeness (QED) is 0.214. The van der Waals surface area contributed by atoms with Crippen molar-refractivity contribution in [3.05, 3.63) is 108 Å². The summed E-state index contributed by atoms with van der Waals surface area (Å²) in [5.41, 5.74) is 4.49. The zero-order chi connectivity index (χ0) is 33.1. The van der Waals surface area contributed by atoms with Crippen LogP contribution in [0.4, 0.5) is 0 Å². The molecule has 3 aromatic carbocycles. The van der Waals surface area contributed by atoms with Crippen LogP contribution in [0.5, 0.6) is 23.0 Å². The van der Waals surface area contributed by atoms with Crippen molar-refractivity contribution >= 4 is 29.1 Å². The molecule has 4 aromatic rings. The molecule has 1 aromatic heterocycles. The van der Waals surface area contributed by atoms with Crippen LogP contribution in [0.15, 0.2) is 70.0 Å². The van der Waals surface area contributed by atoms with E-state index in [0.29, 0.717) is 43.4 Å². The van der Waals surface area contributed by atoms with E-state index in [1.807, 2.05) is 49.4 Å². The fraction of sp³-hybridized carbons (Fsp3) is 0.306. The molecule has 1 aliphatic heterocycles. The van der Waals surface area contributed by atoms with E-state index in [2.05, 4.69) is 13.8 Å². The van der Waals surface area contributed by atoms with Crippen molar-refractivity contribution in [2.75, 3.05) is 35.0 Å². The second kappa shape index (κ2) is 13.7. The lowest BCUT2D eigenvalue weighted by molar-refractivity contribution is -0.138. The van der Waals surface area contributed by atoms with Gasteiger partial charge in [-0.3, -0.25) is 9.36 Å². The summed E-state index contributed by atoms with van der Waals surface area (Å²) in [6.45, 7) is 8.05. The average Bonchev–Trinajstić information content (AvgIpc) is 3.37. The minimum Gasteiger partial charge on any atom is -0.496 e. The molecule has 240 valence electrons. The van der Waals surface area contributed by atoms with Crippen LogP contribution in [0.3, 0.4) is 0 Å². The molecule has 9 nitrogen and oxygen atoms in total. The first-order chi connectivity index (χ1) is 22.2. The number of hydrogen-bond donors (Lipinski definition) is 0.